The highest BCUT2D eigenvalue weighted by Crippen LogP contribution is 2.38. The van der Waals surface area contributed by atoms with Gasteiger partial charge in [0.2, 0.25) is 0 Å². The van der Waals surface area contributed by atoms with Gasteiger partial charge >= 0.3 is 6.03 Å². The summed E-state index contributed by atoms with van der Waals surface area (Å²) in [5, 5.41) is 5.76. The van der Waals surface area contributed by atoms with E-state index in [1.54, 1.807) is 12.1 Å². The molecule has 0 saturated carbocycles. The molecule has 0 atom stereocenters. The number of sulfonamides is 1. The number of aromatic nitrogens is 2. The van der Waals surface area contributed by atoms with Crippen molar-refractivity contribution in [3.05, 3.63) is 75.9 Å². The zero-order valence-corrected chi connectivity index (χ0v) is 22.7. The van der Waals surface area contributed by atoms with Gasteiger partial charge in [0.1, 0.15) is 11.5 Å². The van der Waals surface area contributed by atoms with E-state index in [1.165, 1.54) is 23.3 Å². The van der Waals surface area contributed by atoms with Crippen LogP contribution in [0.5, 0.6) is 0 Å². The maximum atomic E-state index is 12.9. The number of carbonyl (C=O) groups is 2. The lowest BCUT2D eigenvalue weighted by Crippen LogP contribution is -2.35. The molecule has 6 rings (SSSR count). The van der Waals surface area contributed by atoms with Crippen LogP contribution in [0, 0.1) is 0 Å². The number of hydrogen-bond acceptors (Lipinski definition) is 5. The molecule has 1 aromatic heterocycles. The van der Waals surface area contributed by atoms with Crippen LogP contribution in [0.3, 0.4) is 0 Å². The molecule has 3 amide bonds. The number of imidazole rings is 1. The Bertz CT molecular complexity index is 1490. The van der Waals surface area contributed by atoms with E-state index in [0.29, 0.717) is 18.7 Å². The first kappa shape index (κ1) is 25.6. The van der Waals surface area contributed by atoms with Crippen molar-refractivity contribution in [2.24, 2.45) is 0 Å². The molecule has 3 N–H and O–H groups in total. The topological polar surface area (TPSA) is 122 Å². The smallest absolute Gasteiger partial charge is 0.333 e. The number of carbonyl (C=O) groups excluding carboxylic acids is 2. The highest BCUT2D eigenvalue weighted by Gasteiger charge is 2.26. The molecule has 0 spiro atoms. The molecule has 9 nitrogen and oxygen atoms in total. The molecule has 0 fully saturated rings. The minimum absolute atomic E-state index is 0.0116. The van der Waals surface area contributed by atoms with E-state index < -0.39 is 16.1 Å². The fraction of sp³-hybridized carbons (Fsp3) is 0.414. The maximum Gasteiger partial charge on any atom is 0.333 e. The summed E-state index contributed by atoms with van der Waals surface area (Å²) in [4.78, 5) is 29.7. The van der Waals surface area contributed by atoms with Gasteiger partial charge in [-0.25, -0.2) is 22.9 Å². The van der Waals surface area contributed by atoms with Gasteiger partial charge in [0.05, 0.1) is 4.90 Å². The van der Waals surface area contributed by atoms with E-state index in [0.717, 1.165) is 92.5 Å². The lowest BCUT2D eigenvalue weighted by atomic mass is 9.99. The van der Waals surface area contributed by atoms with Crippen molar-refractivity contribution >= 4 is 27.6 Å². The number of hydrogen-bond donors (Lipinski definition) is 3. The monoisotopic (exact) mass is 547 g/mol. The van der Waals surface area contributed by atoms with Crippen molar-refractivity contribution in [3.63, 3.8) is 0 Å². The van der Waals surface area contributed by atoms with Crippen LogP contribution in [-0.2, 0) is 55.1 Å². The van der Waals surface area contributed by atoms with E-state index in [9.17, 15) is 18.0 Å². The molecule has 204 valence electrons. The molecule has 3 aliphatic rings. The first-order valence-corrected chi connectivity index (χ1v) is 15.3. The van der Waals surface area contributed by atoms with E-state index in [1.807, 2.05) is 10.8 Å². The number of rotatable bonds is 7. The summed E-state index contributed by atoms with van der Waals surface area (Å²) in [6.45, 7) is 1.30. The third-order valence-corrected chi connectivity index (χ3v) is 9.36. The highest BCUT2D eigenvalue weighted by atomic mass is 32.2. The highest BCUT2D eigenvalue weighted by molar-refractivity contribution is 7.90. The number of nitrogens with one attached hydrogen (secondary N) is 3. The summed E-state index contributed by atoms with van der Waals surface area (Å²) >= 11 is 0. The minimum Gasteiger partial charge on any atom is -0.350 e. The molecule has 0 radical (unpaired) electrons. The molecule has 0 unspecified atom stereocenters. The Balaban J connectivity index is 1.05. The summed E-state index contributed by atoms with van der Waals surface area (Å²) < 4.78 is 30.1. The van der Waals surface area contributed by atoms with Gasteiger partial charge in [0, 0.05) is 31.4 Å². The number of urea groups is 1. The van der Waals surface area contributed by atoms with Crippen LogP contribution in [0.4, 0.5) is 10.5 Å². The summed E-state index contributed by atoms with van der Waals surface area (Å²) in [5.41, 5.74) is 6.94. The van der Waals surface area contributed by atoms with E-state index in [2.05, 4.69) is 26.4 Å². The number of benzene rings is 2. The van der Waals surface area contributed by atoms with E-state index in [4.69, 9.17) is 0 Å². The lowest BCUT2D eigenvalue weighted by Gasteiger charge is -2.16. The van der Waals surface area contributed by atoms with Crippen LogP contribution in [0.25, 0.3) is 0 Å². The summed E-state index contributed by atoms with van der Waals surface area (Å²) in [6.07, 6.45) is 11.3. The van der Waals surface area contributed by atoms with Gasteiger partial charge in [-0.15, -0.1) is 0 Å². The van der Waals surface area contributed by atoms with Crippen LogP contribution < -0.4 is 15.4 Å². The zero-order chi connectivity index (χ0) is 27.0. The fourth-order valence-corrected chi connectivity index (χ4v) is 6.96. The Morgan fingerprint density at radius 2 is 1.62 bits per heavy atom. The lowest BCUT2D eigenvalue weighted by molar-refractivity contribution is 0.0949. The van der Waals surface area contributed by atoms with Gasteiger partial charge in [0.25, 0.3) is 15.9 Å². The number of nitrogens with zero attached hydrogens (tertiary/aromatic N) is 2. The van der Waals surface area contributed by atoms with Crippen molar-refractivity contribution in [1.29, 1.82) is 0 Å². The van der Waals surface area contributed by atoms with Gasteiger partial charge in [-0.2, -0.15) is 0 Å². The molecule has 10 heteroatoms. The second-order valence-electron chi connectivity index (χ2n) is 10.6. The van der Waals surface area contributed by atoms with Crippen molar-refractivity contribution in [1.82, 2.24) is 19.6 Å². The van der Waals surface area contributed by atoms with E-state index in [-0.39, 0.29) is 10.8 Å². The quantitative estimate of drug-likeness (QED) is 0.417. The Kier molecular flexibility index (Phi) is 6.88. The van der Waals surface area contributed by atoms with Gasteiger partial charge in [-0.3, -0.25) is 4.79 Å². The van der Waals surface area contributed by atoms with Crippen LogP contribution in [0.2, 0.25) is 0 Å². The molecule has 2 aliphatic carbocycles. The van der Waals surface area contributed by atoms with E-state index >= 15 is 0 Å². The van der Waals surface area contributed by atoms with Crippen LogP contribution in [0.1, 0.15) is 69.8 Å². The summed E-state index contributed by atoms with van der Waals surface area (Å²) in [6, 6.07) is 7.89. The number of aryl methyl sites for hydroxylation is 4. The zero-order valence-electron chi connectivity index (χ0n) is 21.9. The predicted octanol–water partition coefficient (Wildman–Crippen LogP) is 3.68. The van der Waals surface area contributed by atoms with Gasteiger partial charge in [-0.1, -0.05) is 18.2 Å². The molecule has 3 aromatic rings. The molecular formula is C29H33N5O4S. The number of anilines is 1. The van der Waals surface area contributed by atoms with Crippen molar-refractivity contribution in [2.45, 2.75) is 75.6 Å². The number of amides is 3. The van der Waals surface area contributed by atoms with Crippen LogP contribution in [-0.4, -0.2) is 36.5 Å². The van der Waals surface area contributed by atoms with Gasteiger partial charge in [-0.05, 0) is 97.7 Å². The molecule has 2 aromatic carbocycles. The molecule has 2 heterocycles. The average molecular weight is 548 g/mol. The molecular weight excluding hydrogens is 514 g/mol. The summed E-state index contributed by atoms with van der Waals surface area (Å²) in [7, 11) is -4.04. The second kappa shape index (κ2) is 10.5. The Labute approximate surface area is 228 Å². The fourth-order valence-electron chi connectivity index (χ4n) is 6.06. The van der Waals surface area contributed by atoms with Crippen LogP contribution in [0.15, 0.2) is 41.4 Å². The third kappa shape index (κ3) is 5.30. The van der Waals surface area contributed by atoms with Crippen molar-refractivity contribution < 1.29 is 18.0 Å². The van der Waals surface area contributed by atoms with Crippen molar-refractivity contribution in [3.8, 4) is 0 Å². The summed E-state index contributed by atoms with van der Waals surface area (Å²) in [5.74, 6) is 0.753. The SMILES string of the molecule is O=C(Nc1c2c(cc3c1CCC3)CCC2)NS(=O)(=O)c1ccc(CCNC(=O)c2cn3c(n2)CCCC3)cc1. The molecule has 1 aliphatic heterocycles. The number of fused-ring (bicyclic) bond motifs is 3. The normalized spacial score (nSPS) is 15.8. The van der Waals surface area contributed by atoms with Crippen molar-refractivity contribution in [2.75, 3.05) is 11.9 Å². The Morgan fingerprint density at radius 1 is 0.897 bits per heavy atom. The molecule has 0 saturated heterocycles. The largest absolute Gasteiger partial charge is 0.350 e. The first-order chi connectivity index (χ1) is 18.9. The van der Waals surface area contributed by atoms with Gasteiger partial charge < -0.3 is 15.2 Å². The van der Waals surface area contributed by atoms with Gasteiger partial charge in [0.15, 0.2) is 0 Å². The molecule has 39 heavy (non-hydrogen) atoms. The van der Waals surface area contributed by atoms with Crippen LogP contribution >= 0.6 is 0 Å². The standard InChI is InChI=1S/C29H33N5O4S/c35-28(25-18-34-16-2-1-9-26(34)31-25)30-15-14-19-10-12-22(13-11-19)39(37,38)33-29(36)32-27-23-7-3-5-20(23)17-21-6-4-8-24(21)27/h10-13,17-18H,1-9,14-16H2,(H,30,35)(H2,32,33,36). The maximum absolute atomic E-state index is 12.9. The minimum atomic E-state index is -4.04. The Hall–Kier alpha value is -3.66. The second-order valence-corrected chi connectivity index (χ2v) is 12.3. The third-order valence-electron chi connectivity index (χ3n) is 8.01. The predicted molar refractivity (Wildman–Crippen MR) is 147 cm³/mol. The first-order valence-electron chi connectivity index (χ1n) is 13.8. The molecule has 0 bridgehead atoms. The average Bonchev–Trinajstić information content (AvgIpc) is 3.68. The Morgan fingerprint density at radius 3 is 2.31 bits per heavy atom.